The number of benzene rings is 1. The van der Waals surface area contributed by atoms with Crippen molar-refractivity contribution in [2.24, 2.45) is 0 Å². The van der Waals surface area contributed by atoms with Crippen LogP contribution in [0.15, 0.2) is 18.2 Å². The number of hydrogen-bond acceptors (Lipinski definition) is 2. The molecule has 0 bridgehead atoms. The third kappa shape index (κ3) is 4.07. The molecule has 94 valence electrons. The zero-order valence-electron chi connectivity index (χ0n) is 10.9. The maximum atomic E-state index is 11.8. The van der Waals surface area contributed by atoms with Crippen molar-refractivity contribution in [1.29, 1.82) is 0 Å². The number of nitrogens with one attached hydrogen (secondary N) is 1. The molecule has 17 heavy (non-hydrogen) atoms. The van der Waals surface area contributed by atoms with Crippen molar-refractivity contribution in [3.05, 3.63) is 29.3 Å². The zero-order chi connectivity index (χ0) is 12.8. The van der Waals surface area contributed by atoms with E-state index in [0.29, 0.717) is 13.2 Å². The van der Waals surface area contributed by atoms with Crippen LogP contribution >= 0.6 is 0 Å². The molecule has 0 aliphatic heterocycles. The van der Waals surface area contributed by atoms with Gasteiger partial charge in [0.1, 0.15) is 0 Å². The zero-order valence-corrected chi connectivity index (χ0v) is 10.9. The molecule has 0 saturated carbocycles. The lowest BCUT2D eigenvalue weighted by Crippen LogP contribution is -2.33. The van der Waals surface area contributed by atoms with Gasteiger partial charge in [0.05, 0.1) is 6.61 Å². The summed E-state index contributed by atoms with van der Waals surface area (Å²) in [5, 5.41) is 2.85. The van der Waals surface area contributed by atoms with E-state index in [0.717, 1.165) is 5.69 Å². The second-order valence-corrected chi connectivity index (χ2v) is 4.14. The molecule has 0 fully saturated rings. The number of likely N-dealkylation sites (N-methyl/N-ethyl adjacent to an activating group) is 1. The van der Waals surface area contributed by atoms with E-state index < -0.39 is 0 Å². The maximum absolute atomic E-state index is 11.8. The highest BCUT2D eigenvalue weighted by Gasteiger charge is 2.08. The molecule has 0 heterocycles. The van der Waals surface area contributed by atoms with Gasteiger partial charge in [-0.1, -0.05) is 6.07 Å². The molecule has 1 rings (SSSR count). The second kappa shape index (κ2) is 6.25. The molecule has 4 heteroatoms. The van der Waals surface area contributed by atoms with Gasteiger partial charge in [0.2, 0.25) is 0 Å². The summed E-state index contributed by atoms with van der Waals surface area (Å²) in [5.74, 6) is 0. The number of nitrogens with zero attached hydrogens (tertiary/aromatic N) is 1. The predicted octanol–water partition coefficient (Wildman–Crippen LogP) is 2.41. The maximum Gasteiger partial charge on any atom is 0.321 e. The fourth-order valence-electron chi connectivity index (χ4n) is 1.37. The van der Waals surface area contributed by atoms with Gasteiger partial charge in [-0.15, -0.1) is 0 Å². The minimum Gasteiger partial charge on any atom is -0.383 e. The van der Waals surface area contributed by atoms with Crippen LogP contribution in [0.5, 0.6) is 0 Å². The van der Waals surface area contributed by atoms with E-state index in [1.165, 1.54) is 11.1 Å². The van der Waals surface area contributed by atoms with E-state index in [9.17, 15) is 4.79 Å². The van der Waals surface area contributed by atoms with Crippen LogP contribution in [0.1, 0.15) is 11.1 Å². The Morgan fingerprint density at radius 2 is 2.06 bits per heavy atom. The fourth-order valence-corrected chi connectivity index (χ4v) is 1.37. The third-order valence-corrected chi connectivity index (χ3v) is 2.74. The summed E-state index contributed by atoms with van der Waals surface area (Å²) < 4.78 is 4.93. The molecular formula is C13H20N2O2. The first-order chi connectivity index (χ1) is 8.04. The molecule has 0 unspecified atom stereocenters. The molecule has 0 atom stereocenters. The number of hydrogen-bond donors (Lipinski definition) is 1. The predicted molar refractivity (Wildman–Crippen MR) is 69.4 cm³/mol. The highest BCUT2D eigenvalue weighted by Crippen LogP contribution is 2.14. The molecule has 2 amide bonds. The molecule has 4 nitrogen and oxygen atoms in total. The van der Waals surface area contributed by atoms with Crippen LogP contribution in [0.3, 0.4) is 0 Å². The Balaban J connectivity index is 2.58. The van der Waals surface area contributed by atoms with Gasteiger partial charge in [0.25, 0.3) is 0 Å². The first-order valence-electron chi connectivity index (χ1n) is 5.63. The average Bonchev–Trinajstić information content (AvgIpc) is 2.30. The summed E-state index contributed by atoms with van der Waals surface area (Å²) in [6.07, 6.45) is 0. The van der Waals surface area contributed by atoms with Gasteiger partial charge in [0, 0.05) is 26.4 Å². The van der Waals surface area contributed by atoms with Crippen LogP contribution in [-0.2, 0) is 4.74 Å². The van der Waals surface area contributed by atoms with Crippen molar-refractivity contribution in [3.63, 3.8) is 0 Å². The monoisotopic (exact) mass is 236 g/mol. The van der Waals surface area contributed by atoms with Crippen molar-refractivity contribution >= 4 is 11.7 Å². The molecule has 1 aromatic carbocycles. The van der Waals surface area contributed by atoms with E-state index >= 15 is 0 Å². The van der Waals surface area contributed by atoms with E-state index in [-0.39, 0.29) is 6.03 Å². The highest BCUT2D eigenvalue weighted by molar-refractivity contribution is 5.89. The number of rotatable bonds is 4. The summed E-state index contributed by atoms with van der Waals surface area (Å²) in [6.45, 7) is 5.19. The van der Waals surface area contributed by atoms with Crippen molar-refractivity contribution in [3.8, 4) is 0 Å². The summed E-state index contributed by atoms with van der Waals surface area (Å²) in [4.78, 5) is 13.4. The first kappa shape index (κ1) is 13.5. The van der Waals surface area contributed by atoms with Crippen LogP contribution in [0, 0.1) is 13.8 Å². The van der Waals surface area contributed by atoms with E-state index in [1.54, 1.807) is 19.1 Å². The number of carbonyl (C=O) groups excluding carboxylic acids is 1. The van der Waals surface area contributed by atoms with Crippen molar-refractivity contribution in [1.82, 2.24) is 4.90 Å². The number of anilines is 1. The summed E-state index contributed by atoms with van der Waals surface area (Å²) in [7, 11) is 3.37. The van der Waals surface area contributed by atoms with Crippen molar-refractivity contribution in [2.45, 2.75) is 13.8 Å². The Morgan fingerprint density at radius 3 is 2.65 bits per heavy atom. The number of carbonyl (C=O) groups is 1. The van der Waals surface area contributed by atoms with Crippen molar-refractivity contribution in [2.75, 3.05) is 32.6 Å². The van der Waals surface area contributed by atoms with Gasteiger partial charge in [-0.2, -0.15) is 0 Å². The van der Waals surface area contributed by atoms with Gasteiger partial charge < -0.3 is 15.0 Å². The van der Waals surface area contributed by atoms with Crippen molar-refractivity contribution < 1.29 is 9.53 Å². The SMILES string of the molecule is COCCN(C)C(=O)Nc1ccc(C)c(C)c1. The molecule has 0 aliphatic carbocycles. The Hall–Kier alpha value is -1.55. The Labute approximate surface area is 103 Å². The molecule has 0 saturated heterocycles. The summed E-state index contributed by atoms with van der Waals surface area (Å²) in [6, 6.07) is 5.76. The minimum absolute atomic E-state index is 0.120. The van der Waals surface area contributed by atoms with E-state index in [1.807, 2.05) is 32.0 Å². The number of urea groups is 1. The topological polar surface area (TPSA) is 41.6 Å². The third-order valence-electron chi connectivity index (χ3n) is 2.74. The number of methoxy groups -OCH3 is 1. The van der Waals surface area contributed by atoms with E-state index in [4.69, 9.17) is 4.74 Å². The van der Waals surface area contributed by atoms with Gasteiger partial charge in [-0.25, -0.2) is 4.79 Å². The van der Waals surface area contributed by atoms with Crippen LogP contribution in [-0.4, -0.2) is 38.2 Å². The Kier molecular flexibility index (Phi) is 4.97. The first-order valence-corrected chi connectivity index (χ1v) is 5.63. The quantitative estimate of drug-likeness (QED) is 0.872. The largest absolute Gasteiger partial charge is 0.383 e. The molecule has 1 aromatic rings. The molecule has 0 aromatic heterocycles. The lowest BCUT2D eigenvalue weighted by atomic mass is 10.1. The van der Waals surface area contributed by atoms with Crippen LogP contribution in [0.25, 0.3) is 0 Å². The van der Waals surface area contributed by atoms with Gasteiger partial charge in [0.15, 0.2) is 0 Å². The molecular weight excluding hydrogens is 216 g/mol. The standard InChI is InChI=1S/C13H20N2O2/c1-10-5-6-12(9-11(10)2)14-13(16)15(3)7-8-17-4/h5-6,9H,7-8H2,1-4H3,(H,14,16). The second-order valence-electron chi connectivity index (χ2n) is 4.14. The Morgan fingerprint density at radius 1 is 1.35 bits per heavy atom. The van der Waals surface area contributed by atoms with Crippen LogP contribution in [0.2, 0.25) is 0 Å². The van der Waals surface area contributed by atoms with Crippen LogP contribution in [0.4, 0.5) is 10.5 Å². The smallest absolute Gasteiger partial charge is 0.321 e. The van der Waals surface area contributed by atoms with E-state index in [2.05, 4.69) is 5.32 Å². The molecule has 0 spiro atoms. The number of aryl methyl sites for hydroxylation is 2. The summed E-state index contributed by atoms with van der Waals surface area (Å²) >= 11 is 0. The number of amides is 2. The van der Waals surface area contributed by atoms with Crippen LogP contribution < -0.4 is 5.32 Å². The Bertz CT molecular complexity index is 391. The normalized spacial score (nSPS) is 10.1. The molecule has 1 N–H and O–H groups in total. The fraction of sp³-hybridized carbons (Fsp3) is 0.462. The van der Waals surface area contributed by atoms with Gasteiger partial charge in [-0.3, -0.25) is 0 Å². The lowest BCUT2D eigenvalue weighted by molar-refractivity contribution is 0.165. The van der Waals surface area contributed by atoms with Gasteiger partial charge >= 0.3 is 6.03 Å². The molecule has 0 radical (unpaired) electrons. The van der Waals surface area contributed by atoms with Gasteiger partial charge in [-0.05, 0) is 37.1 Å². The molecule has 0 aliphatic rings. The average molecular weight is 236 g/mol. The lowest BCUT2D eigenvalue weighted by Gasteiger charge is -2.17. The number of ether oxygens (including phenoxy) is 1. The highest BCUT2D eigenvalue weighted by atomic mass is 16.5. The minimum atomic E-state index is -0.120. The summed E-state index contributed by atoms with van der Waals surface area (Å²) in [5.41, 5.74) is 3.21.